The van der Waals surface area contributed by atoms with E-state index in [0.29, 0.717) is 23.4 Å². The summed E-state index contributed by atoms with van der Waals surface area (Å²) >= 11 is 1.78. The molecule has 0 unspecified atom stereocenters. The average Bonchev–Trinajstić information content (AvgIpc) is 3.82. The molecular weight excluding hydrogens is 621 g/mol. The Kier molecular flexibility index (Phi) is 6.02. The molecule has 6 aromatic carbocycles. The van der Waals surface area contributed by atoms with E-state index in [0.717, 1.165) is 44.5 Å². The average molecular weight is 649 g/mol. The zero-order valence-electron chi connectivity index (χ0n) is 26.8. The number of aromatic nitrogens is 4. The molecule has 1 aliphatic carbocycles. The number of rotatable bonds is 4. The SMILES string of the molecule is CC1(C)c2cc(-c3nc(-c4ccccc4)nc(-c4cccc5c4sc4ccccc45)n3)ccc2-c2c1ccc1nc(-c3ccccc3)oc21. The standard InChI is InChI=1S/C43H28N4OS/c1-43(2)32-22-23-34-37(48-42(44-34)26-14-7-4-8-15-26)36(32)30-21-20-27(24-33(30)43)40-45-39(25-12-5-3-6-13-25)46-41(47-40)31-18-11-17-29-28-16-9-10-19-35(28)49-38(29)31/h3-24H,1-2H3. The Morgan fingerprint density at radius 2 is 1.22 bits per heavy atom. The number of fused-ring (bicyclic) bond motifs is 8. The maximum absolute atomic E-state index is 6.51. The second-order valence-corrected chi connectivity index (χ2v) is 14.1. The predicted molar refractivity (Wildman–Crippen MR) is 200 cm³/mol. The Morgan fingerprint density at radius 1 is 0.531 bits per heavy atom. The van der Waals surface area contributed by atoms with E-state index < -0.39 is 0 Å². The lowest BCUT2D eigenvalue weighted by Gasteiger charge is -2.21. The van der Waals surface area contributed by atoms with Gasteiger partial charge >= 0.3 is 0 Å². The lowest BCUT2D eigenvalue weighted by molar-refractivity contribution is 0.618. The summed E-state index contributed by atoms with van der Waals surface area (Å²) in [7, 11) is 0. The molecule has 3 aromatic heterocycles. The number of thiophene rings is 1. The molecular formula is C43H28N4OS. The van der Waals surface area contributed by atoms with Crippen LogP contribution in [0.15, 0.2) is 138 Å². The summed E-state index contributed by atoms with van der Waals surface area (Å²) in [5.74, 6) is 2.60. The van der Waals surface area contributed by atoms with Gasteiger partial charge in [0, 0.05) is 53.4 Å². The molecule has 9 aromatic rings. The van der Waals surface area contributed by atoms with Crippen molar-refractivity contribution in [1.82, 2.24) is 19.9 Å². The smallest absolute Gasteiger partial charge is 0.227 e. The van der Waals surface area contributed by atoms with Crippen LogP contribution in [0, 0.1) is 0 Å². The first-order valence-corrected chi connectivity index (χ1v) is 17.2. The van der Waals surface area contributed by atoms with Crippen molar-refractivity contribution in [3.8, 4) is 56.7 Å². The van der Waals surface area contributed by atoms with Crippen LogP contribution in [-0.2, 0) is 5.41 Å². The third-order valence-electron chi connectivity index (χ3n) is 9.78. The van der Waals surface area contributed by atoms with Gasteiger partial charge in [-0.2, -0.15) is 0 Å². The Morgan fingerprint density at radius 3 is 2.04 bits per heavy atom. The summed E-state index contributed by atoms with van der Waals surface area (Å²) in [5, 5.41) is 2.46. The van der Waals surface area contributed by atoms with Crippen molar-refractivity contribution in [3.05, 3.63) is 145 Å². The molecule has 232 valence electrons. The van der Waals surface area contributed by atoms with Gasteiger partial charge in [-0.15, -0.1) is 11.3 Å². The van der Waals surface area contributed by atoms with E-state index in [9.17, 15) is 0 Å². The van der Waals surface area contributed by atoms with Crippen molar-refractivity contribution >= 4 is 42.6 Å². The van der Waals surface area contributed by atoms with Crippen LogP contribution in [0.2, 0.25) is 0 Å². The molecule has 0 atom stereocenters. The topological polar surface area (TPSA) is 64.7 Å². The third kappa shape index (κ3) is 4.31. The minimum atomic E-state index is -0.268. The van der Waals surface area contributed by atoms with Crippen molar-refractivity contribution < 1.29 is 4.42 Å². The van der Waals surface area contributed by atoms with E-state index in [1.54, 1.807) is 11.3 Å². The van der Waals surface area contributed by atoms with Crippen molar-refractivity contribution in [3.63, 3.8) is 0 Å². The second-order valence-electron chi connectivity index (χ2n) is 13.1. The summed E-state index contributed by atoms with van der Waals surface area (Å²) in [6.07, 6.45) is 0. The number of benzene rings is 6. The molecule has 0 radical (unpaired) electrons. The highest BCUT2D eigenvalue weighted by Crippen LogP contribution is 2.52. The van der Waals surface area contributed by atoms with Gasteiger partial charge in [0.25, 0.3) is 0 Å². The van der Waals surface area contributed by atoms with Gasteiger partial charge < -0.3 is 4.42 Å². The van der Waals surface area contributed by atoms with Gasteiger partial charge in [0.2, 0.25) is 5.89 Å². The zero-order valence-corrected chi connectivity index (χ0v) is 27.6. The molecule has 0 spiro atoms. The molecule has 5 nitrogen and oxygen atoms in total. The molecule has 0 aliphatic heterocycles. The van der Waals surface area contributed by atoms with Crippen LogP contribution in [0.3, 0.4) is 0 Å². The van der Waals surface area contributed by atoms with Crippen LogP contribution in [0.25, 0.3) is 88.0 Å². The summed E-state index contributed by atoms with van der Waals surface area (Å²) in [5.41, 5.74) is 9.97. The molecule has 0 amide bonds. The Hall–Kier alpha value is -5.98. The van der Waals surface area contributed by atoms with Gasteiger partial charge in [-0.05, 0) is 53.1 Å². The molecule has 0 saturated carbocycles. The van der Waals surface area contributed by atoms with Crippen LogP contribution < -0.4 is 0 Å². The Balaban J connectivity index is 1.16. The van der Waals surface area contributed by atoms with Crippen LogP contribution in [0.5, 0.6) is 0 Å². The molecule has 6 heteroatoms. The fourth-order valence-electron chi connectivity index (χ4n) is 7.31. The van der Waals surface area contributed by atoms with Crippen molar-refractivity contribution in [2.45, 2.75) is 19.3 Å². The Labute approximate surface area is 286 Å². The van der Waals surface area contributed by atoms with Gasteiger partial charge in [-0.1, -0.05) is 111 Å². The van der Waals surface area contributed by atoms with E-state index in [-0.39, 0.29) is 5.41 Å². The van der Waals surface area contributed by atoms with Crippen LogP contribution in [-0.4, -0.2) is 19.9 Å². The summed E-state index contributed by atoms with van der Waals surface area (Å²) in [4.78, 5) is 20.2. The molecule has 3 heterocycles. The Bertz CT molecular complexity index is 2750. The molecule has 10 rings (SSSR count). The first kappa shape index (κ1) is 28.1. The van der Waals surface area contributed by atoms with Crippen molar-refractivity contribution in [2.75, 3.05) is 0 Å². The van der Waals surface area contributed by atoms with E-state index >= 15 is 0 Å². The van der Waals surface area contributed by atoms with Gasteiger partial charge in [0.05, 0.1) is 0 Å². The zero-order chi connectivity index (χ0) is 32.7. The highest BCUT2D eigenvalue weighted by atomic mass is 32.1. The lowest BCUT2D eigenvalue weighted by atomic mass is 9.82. The highest BCUT2D eigenvalue weighted by molar-refractivity contribution is 7.26. The first-order chi connectivity index (χ1) is 24.0. The van der Waals surface area contributed by atoms with E-state index in [1.165, 1.54) is 31.3 Å². The molecule has 1 aliphatic rings. The second kappa shape index (κ2) is 10.5. The van der Waals surface area contributed by atoms with Gasteiger partial charge in [-0.3, -0.25) is 0 Å². The lowest BCUT2D eigenvalue weighted by Crippen LogP contribution is -2.15. The van der Waals surface area contributed by atoms with Crippen LogP contribution in [0.4, 0.5) is 0 Å². The quantitative estimate of drug-likeness (QED) is 0.190. The van der Waals surface area contributed by atoms with Gasteiger partial charge in [-0.25, -0.2) is 19.9 Å². The fraction of sp³-hybridized carbons (Fsp3) is 0.0698. The number of nitrogens with zero attached hydrogens (tertiary/aromatic N) is 4. The predicted octanol–water partition coefficient (Wildman–Crippen LogP) is 11.4. The number of oxazole rings is 1. The third-order valence-corrected chi connectivity index (χ3v) is 11.0. The monoisotopic (exact) mass is 648 g/mol. The molecule has 0 N–H and O–H groups in total. The van der Waals surface area contributed by atoms with Crippen LogP contribution in [0.1, 0.15) is 25.0 Å². The largest absolute Gasteiger partial charge is 0.435 e. The molecule has 0 saturated heterocycles. The normalized spacial score (nSPS) is 13.3. The van der Waals surface area contributed by atoms with Gasteiger partial charge in [0.1, 0.15) is 5.52 Å². The van der Waals surface area contributed by atoms with Crippen LogP contribution >= 0.6 is 11.3 Å². The van der Waals surface area contributed by atoms with Crippen molar-refractivity contribution in [1.29, 1.82) is 0 Å². The summed E-state index contributed by atoms with van der Waals surface area (Å²) < 4.78 is 8.93. The minimum Gasteiger partial charge on any atom is -0.435 e. The van der Waals surface area contributed by atoms with Crippen molar-refractivity contribution in [2.24, 2.45) is 0 Å². The van der Waals surface area contributed by atoms with E-state index in [4.69, 9.17) is 24.4 Å². The minimum absolute atomic E-state index is 0.268. The summed E-state index contributed by atoms with van der Waals surface area (Å²) in [6, 6.07) is 46.1. The fourth-order valence-corrected chi connectivity index (χ4v) is 8.52. The summed E-state index contributed by atoms with van der Waals surface area (Å²) in [6.45, 7) is 4.55. The maximum Gasteiger partial charge on any atom is 0.227 e. The van der Waals surface area contributed by atoms with Gasteiger partial charge in [0.15, 0.2) is 23.1 Å². The van der Waals surface area contributed by atoms with E-state index in [1.807, 2.05) is 48.5 Å². The number of hydrogen-bond donors (Lipinski definition) is 0. The maximum atomic E-state index is 6.51. The molecule has 0 bridgehead atoms. The number of hydrogen-bond acceptors (Lipinski definition) is 6. The highest BCUT2D eigenvalue weighted by Gasteiger charge is 2.38. The molecule has 49 heavy (non-hydrogen) atoms. The van der Waals surface area contributed by atoms with E-state index in [2.05, 4.69) is 98.8 Å². The first-order valence-electron chi connectivity index (χ1n) is 16.4. The molecule has 0 fully saturated rings.